The van der Waals surface area contributed by atoms with Gasteiger partial charge in [0.25, 0.3) is 0 Å². The molecule has 0 fully saturated rings. The molecule has 0 aromatic rings. The van der Waals surface area contributed by atoms with E-state index in [-0.39, 0.29) is 11.9 Å². The molecule has 0 saturated heterocycles. The average molecular weight is 271 g/mol. The largest absolute Gasteiger partial charge is 0.466 e. The Morgan fingerprint density at radius 2 is 1.74 bits per heavy atom. The third kappa shape index (κ3) is 7.19. The maximum Gasteiger partial charge on any atom is 0.311 e. The second-order valence-electron chi connectivity index (χ2n) is 5.57. The summed E-state index contributed by atoms with van der Waals surface area (Å²) in [7, 11) is 0. The Hall–Kier alpha value is -1.06. The first-order valence-electron chi connectivity index (χ1n) is 7.27. The van der Waals surface area contributed by atoms with E-state index < -0.39 is 5.41 Å². The van der Waals surface area contributed by atoms with Crippen molar-refractivity contribution < 1.29 is 14.3 Å². The lowest BCUT2D eigenvalue weighted by Crippen LogP contribution is -2.31. The molecule has 0 aliphatic heterocycles. The van der Waals surface area contributed by atoms with E-state index in [0.29, 0.717) is 6.61 Å². The van der Waals surface area contributed by atoms with Crippen molar-refractivity contribution in [1.82, 2.24) is 4.90 Å². The highest BCUT2D eigenvalue weighted by molar-refractivity contribution is 5.75. The highest BCUT2D eigenvalue weighted by Gasteiger charge is 2.28. The quantitative estimate of drug-likeness (QED) is 0.478. The molecule has 0 aromatic heterocycles. The Bertz CT molecular complexity index is 287. The summed E-state index contributed by atoms with van der Waals surface area (Å²) in [6, 6.07) is 0. The van der Waals surface area contributed by atoms with Gasteiger partial charge in [0.1, 0.15) is 0 Å². The van der Waals surface area contributed by atoms with Crippen molar-refractivity contribution in [1.29, 1.82) is 0 Å². The molecule has 0 unspecified atom stereocenters. The van der Waals surface area contributed by atoms with E-state index in [1.807, 2.05) is 25.7 Å². The molecule has 4 heteroatoms. The van der Waals surface area contributed by atoms with E-state index in [4.69, 9.17) is 4.74 Å². The number of unbranched alkanes of at least 4 members (excludes halogenated alkanes) is 1. The van der Waals surface area contributed by atoms with E-state index in [9.17, 15) is 9.59 Å². The summed E-state index contributed by atoms with van der Waals surface area (Å²) in [6.07, 6.45) is 3.64. The van der Waals surface area contributed by atoms with Gasteiger partial charge in [-0.25, -0.2) is 0 Å². The molecule has 0 spiro atoms. The highest BCUT2D eigenvalue weighted by atomic mass is 16.5. The molecule has 1 amide bonds. The second kappa shape index (κ2) is 8.94. The van der Waals surface area contributed by atoms with E-state index in [1.54, 1.807) is 6.92 Å². The van der Waals surface area contributed by atoms with E-state index in [1.165, 1.54) is 0 Å². The number of amides is 1. The fourth-order valence-corrected chi connectivity index (χ4v) is 1.99. The summed E-state index contributed by atoms with van der Waals surface area (Å²) >= 11 is 0. The number of nitrogens with zero attached hydrogens (tertiary/aromatic N) is 1. The standard InChI is InChI=1S/C15H29NO3/c1-6-11-16(13(3)17)12-9-8-10-15(4,5)14(18)19-7-2/h6-12H2,1-5H3. The van der Waals surface area contributed by atoms with Crippen LogP contribution in [0.25, 0.3) is 0 Å². The molecule has 112 valence electrons. The molecule has 0 rings (SSSR count). The Morgan fingerprint density at radius 1 is 1.11 bits per heavy atom. The van der Waals surface area contributed by atoms with Crippen molar-refractivity contribution in [2.24, 2.45) is 5.41 Å². The van der Waals surface area contributed by atoms with Gasteiger partial charge in [-0.05, 0) is 40.0 Å². The fraction of sp³-hybridized carbons (Fsp3) is 0.867. The summed E-state index contributed by atoms with van der Waals surface area (Å²) < 4.78 is 5.06. The predicted octanol–water partition coefficient (Wildman–Crippen LogP) is 3.00. The van der Waals surface area contributed by atoms with Crippen LogP contribution < -0.4 is 0 Å². The van der Waals surface area contributed by atoms with Crippen molar-refractivity contribution in [3.8, 4) is 0 Å². The maximum absolute atomic E-state index is 11.7. The second-order valence-corrected chi connectivity index (χ2v) is 5.57. The van der Waals surface area contributed by atoms with Crippen LogP contribution in [0.2, 0.25) is 0 Å². The normalized spacial score (nSPS) is 11.2. The Morgan fingerprint density at radius 3 is 2.21 bits per heavy atom. The van der Waals surface area contributed by atoms with Gasteiger partial charge in [0.15, 0.2) is 0 Å². The maximum atomic E-state index is 11.7. The third-order valence-corrected chi connectivity index (χ3v) is 3.25. The number of esters is 1. The van der Waals surface area contributed by atoms with Gasteiger partial charge in [-0.2, -0.15) is 0 Å². The molecule has 0 radical (unpaired) electrons. The number of carbonyl (C=O) groups is 2. The van der Waals surface area contributed by atoms with Gasteiger partial charge in [0.05, 0.1) is 12.0 Å². The van der Waals surface area contributed by atoms with Crippen molar-refractivity contribution in [3.63, 3.8) is 0 Å². The molecule has 0 heterocycles. The van der Waals surface area contributed by atoms with Crippen LogP contribution >= 0.6 is 0 Å². The Kier molecular flexibility index (Phi) is 8.44. The first-order valence-corrected chi connectivity index (χ1v) is 7.27. The van der Waals surface area contributed by atoms with Crippen LogP contribution in [0.4, 0.5) is 0 Å². The topological polar surface area (TPSA) is 46.6 Å². The van der Waals surface area contributed by atoms with Gasteiger partial charge in [-0.1, -0.05) is 13.3 Å². The van der Waals surface area contributed by atoms with Gasteiger partial charge in [-0.15, -0.1) is 0 Å². The third-order valence-electron chi connectivity index (χ3n) is 3.25. The van der Waals surface area contributed by atoms with Crippen LogP contribution in [-0.4, -0.2) is 36.5 Å². The monoisotopic (exact) mass is 271 g/mol. The molecular formula is C15H29NO3. The number of ether oxygens (including phenoxy) is 1. The van der Waals surface area contributed by atoms with Crippen molar-refractivity contribution >= 4 is 11.9 Å². The number of carbonyl (C=O) groups excluding carboxylic acids is 2. The van der Waals surface area contributed by atoms with E-state index >= 15 is 0 Å². The summed E-state index contributed by atoms with van der Waals surface area (Å²) in [5.41, 5.74) is -0.429. The number of hydrogen-bond donors (Lipinski definition) is 0. The number of rotatable bonds is 9. The van der Waals surface area contributed by atoms with Crippen LogP contribution in [0, 0.1) is 5.41 Å². The molecule has 0 aliphatic carbocycles. The molecular weight excluding hydrogens is 242 g/mol. The first-order chi connectivity index (χ1) is 8.85. The minimum Gasteiger partial charge on any atom is -0.466 e. The van der Waals surface area contributed by atoms with Crippen molar-refractivity contribution in [2.45, 2.75) is 60.3 Å². The van der Waals surface area contributed by atoms with E-state index in [0.717, 1.165) is 38.8 Å². The van der Waals surface area contributed by atoms with Gasteiger partial charge >= 0.3 is 5.97 Å². The van der Waals surface area contributed by atoms with Gasteiger partial charge < -0.3 is 9.64 Å². The summed E-state index contributed by atoms with van der Waals surface area (Å²) in [6.45, 7) is 11.4. The average Bonchev–Trinajstić information content (AvgIpc) is 2.33. The summed E-state index contributed by atoms with van der Waals surface area (Å²) in [5, 5.41) is 0. The SMILES string of the molecule is CCCN(CCCCC(C)(C)C(=O)OCC)C(C)=O. The molecule has 0 bridgehead atoms. The molecule has 4 nitrogen and oxygen atoms in total. The Labute approximate surface area is 117 Å². The molecule has 0 N–H and O–H groups in total. The highest BCUT2D eigenvalue weighted by Crippen LogP contribution is 2.25. The smallest absolute Gasteiger partial charge is 0.311 e. The lowest BCUT2D eigenvalue weighted by Gasteiger charge is -2.24. The van der Waals surface area contributed by atoms with E-state index in [2.05, 4.69) is 6.92 Å². The molecule has 0 saturated carbocycles. The van der Waals surface area contributed by atoms with Gasteiger partial charge in [0, 0.05) is 20.0 Å². The van der Waals surface area contributed by atoms with Crippen LogP contribution in [-0.2, 0) is 14.3 Å². The minimum atomic E-state index is -0.429. The molecule has 0 aliphatic rings. The summed E-state index contributed by atoms with van der Waals surface area (Å²) in [4.78, 5) is 25.0. The van der Waals surface area contributed by atoms with Gasteiger partial charge in [-0.3, -0.25) is 9.59 Å². The van der Waals surface area contributed by atoms with Crippen LogP contribution in [0.5, 0.6) is 0 Å². The lowest BCUT2D eigenvalue weighted by molar-refractivity contribution is -0.153. The van der Waals surface area contributed by atoms with Crippen LogP contribution in [0.1, 0.15) is 60.3 Å². The zero-order valence-corrected chi connectivity index (χ0v) is 13.1. The van der Waals surface area contributed by atoms with Crippen molar-refractivity contribution in [3.05, 3.63) is 0 Å². The van der Waals surface area contributed by atoms with Crippen molar-refractivity contribution in [2.75, 3.05) is 19.7 Å². The lowest BCUT2D eigenvalue weighted by atomic mass is 9.87. The zero-order valence-electron chi connectivity index (χ0n) is 13.1. The molecule has 0 atom stereocenters. The van der Waals surface area contributed by atoms with Gasteiger partial charge in [0.2, 0.25) is 5.91 Å². The minimum absolute atomic E-state index is 0.131. The zero-order chi connectivity index (χ0) is 14.9. The predicted molar refractivity (Wildman–Crippen MR) is 76.8 cm³/mol. The molecule has 19 heavy (non-hydrogen) atoms. The number of hydrogen-bond acceptors (Lipinski definition) is 3. The van der Waals surface area contributed by atoms with Crippen LogP contribution in [0.3, 0.4) is 0 Å². The van der Waals surface area contributed by atoms with Crippen LogP contribution in [0.15, 0.2) is 0 Å². The first kappa shape index (κ1) is 17.9. The molecule has 0 aromatic carbocycles. The fourth-order valence-electron chi connectivity index (χ4n) is 1.99. The Balaban J connectivity index is 4.01. The summed E-state index contributed by atoms with van der Waals surface area (Å²) in [5.74, 6) is -0.00140.